The molecule has 0 heterocycles. The van der Waals surface area contributed by atoms with Crippen LogP contribution in [0.25, 0.3) is 0 Å². The lowest BCUT2D eigenvalue weighted by atomic mass is 10.0. The summed E-state index contributed by atoms with van der Waals surface area (Å²) in [6.07, 6.45) is 35.2. The van der Waals surface area contributed by atoms with Crippen molar-refractivity contribution in [2.75, 3.05) is 26.4 Å². The molecule has 10 heteroatoms. The van der Waals surface area contributed by atoms with Crippen molar-refractivity contribution in [3.05, 3.63) is 0 Å². The van der Waals surface area contributed by atoms with Crippen LogP contribution in [-0.4, -0.2) is 54.3 Å². The van der Waals surface area contributed by atoms with Crippen LogP contribution in [0, 0.1) is 0 Å². The van der Waals surface area contributed by atoms with E-state index in [0.29, 0.717) is 12.8 Å². The molecule has 0 rings (SSSR count). The summed E-state index contributed by atoms with van der Waals surface area (Å²) in [6, 6.07) is 0. The molecule has 0 radical (unpaired) electrons. The van der Waals surface area contributed by atoms with Crippen molar-refractivity contribution in [1.82, 2.24) is 5.32 Å². The molecule has 0 bridgehead atoms. The normalized spacial score (nSPS) is 13.3. The zero-order chi connectivity index (χ0) is 36.1. The van der Waals surface area contributed by atoms with Crippen molar-refractivity contribution in [3.63, 3.8) is 0 Å². The Morgan fingerprint density at radius 3 is 1.33 bits per heavy atom. The summed E-state index contributed by atoms with van der Waals surface area (Å²) < 4.78 is 26.6. The fourth-order valence-electron chi connectivity index (χ4n) is 5.91. The van der Waals surface area contributed by atoms with E-state index in [1.807, 2.05) is 0 Å². The van der Waals surface area contributed by atoms with Crippen molar-refractivity contribution >= 4 is 19.7 Å². The highest BCUT2D eigenvalue weighted by Crippen LogP contribution is 2.42. The Bertz CT molecular complexity index is 784. The molecule has 2 unspecified atom stereocenters. The summed E-state index contributed by atoms with van der Waals surface area (Å²) >= 11 is 0. The number of unbranched alkanes of at least 4 members (excludes halogenated alkanes) is 26. The SMILES string of the molecule is CCCCCCCCCCCCCCCCCCCCCCCCCC(=O)OCC(O)COP(=O)(O)OCCNC(=O)CCCCCCC. The average Bonchev–Trinajstić information content (AvgIpc) is 3.08. The second-order valence-corrected chi connectivity index (χ2v) is 15.4. The van der Waals surface area contributed by atoms with E-state index in [4.69, 9.17) is 13.8 Å². The topological polar surface area (TPSA) is 131 Å². The molecule has 9 nitrogen and oxygen atoms in total. The molecule has 0 aromatic rings. The second kappa shape index (κ2) is 36.8. The predicted molar refractivity (Wildman–Crippen MR) is 202 cm³/mol. The average molecular weight is 720 g/mol. The van der Waals surface area contributed by atoms with E-state index < -0.39 is 26.5 Å². The summed E-state index contributed by atoms with van der Waals surface area (Å²) in [4.78, 5) is 33.5. The van der Waals surface area contributed by atoms with Crippen molar-refractivity contribution in [3.8, 4) is 0 Å². The Balaban J connectivity index is 3.47. The minimum atomic E-state index is -4.39. The first-order valence-corrected chi connectivity index (χ1v) is 22.0. The van der Waals surface area contributed by atoms with E-state index in [-0.39, 0.29) is 25.7 Å². The van der Waals surface area contributed by atoms with Crippen LogP contribution in [0.3, 0.4) is 0 Å². The van der Waals surface area contributed by atoms with Crippen molar-refractivity contribution in [1.29, 1.82) is 0 Å². The fraction of sp³-hybridized carbons (Fsp3) is 0.949. The number of aliphatic hydroxyl groups excluding tert-OH is 1. The number of esters is 1. The number of amides is 1. The highest BCUT2D eigenvalue weighted by Gasteiger charge is 2.23. The lowest BCUT2D eigenvalue weighted by molar-refractivity contribution is -0.147. The molecule has 3 N–H and O–H groups in total. The quantitative estimate of drug-likeness (QED) is 0.0325. The number of nitrogens with one attached hydrogen (secondary N) is 1. The predicted octanol–water partition coefficient (Wildman–Crippen LogP) is 10.9. The number of hydrogen-bond donors (Lipinski definition) is 3. The van der Waals surface area contributed by atoms with Gasteiger partial charge >= 0.3 is 13.8 Å². The van der Waals surface area contributed by atoms with Crippen LogP contribution in [0.5, 0.6) is 0 Å². The maximum atomic E-state index is 12.0. The molecule has 0 aliphatic carbocycles. The van der Waals surface area contributed by atoms with Gasteiger partial charge < -0.3 is 20.1 Å². The molecule has 0 aromatic heterocycles. The van der Waals surface area contributed by atoms with Gasteiger partial charge in [-0.25, -0.2) is 4.57 Å². The van der Waals surface area contributed by atoms with Crippen LogP contribution in [0.15, 0.2) is 0 Å². The zero-order valence-electron chi connectivity index (χ0n) is 31.9. The largest absolute Gasteiger partial charge is 0.472 e. The molecule has 292 valence electrons. The zero-order valence-corrected chi connectivity index (χ0v) is 32.8. The monoisotopic (exact) mass is 720 g/mol. The maximum absolute atomic E-state index is 12.0. The third-order valence-electron chi connectivity index (χ3n) is 9.04. The van der Waals surface area contributed by atoms with Gasteiger partial charge in [-0.1, -0.05) is 181 Å². The van der Waals surface area contributed by atoms with E-state index in [1.54, 1.807) is 0 Å². The molecular weight excluding hydrogens is 641 g/mol. The van der Waals surface area contributed by atoms with Crippen LogP contribution >= 0.6 is 7.82 Å². The first-order valence-electron chi connectivity index (χ1n) is 20.5. The minimum absolute atomic E-state index is 0.0848. The molecule has 0 spiro atoms. The van der Waals surface area contributed by atoms with Gasteiger partial charge in [0.05, 0.1) is 13.2 Å². The molecule has 49 heavy (non-hydrogen) atoms. The van der Waals surface area contributed by atoms with E-state index in [2.05, 4.69) is 19.2 Å². The smallest absolute Gasteiger partial charge is 0.463 e. The number of rotatable bonds is 39. The van der Waals surface area contributed by atoms with Crippen molar-refractivity contribution < 1.29 is 37.9 Å². The van der Waals surface area contributed by atoms with Gasteiger partial charge in [0.2, 0.25) is 5.91 Å². The summed E-state index contributed by atoms with van der Waals surface area (Å²) in [5.74, 6) is -0.519. The van der Waals surface area contributed by atoms with E-state index in [1.165, 1.54) is 128 Å². The number of phosphoric ester groups is 1. The van der Waals surface area contributed by atoms with Crippen LogP contribution in [0.4, 0.5) is 0 Å². The van der Waals surface area contributed by atoms with Crippen LogP contribution < -0.4 is 5.32 Å². The Hall–Kier alpha value is -0.990. The van der Waals surface area contributed by atoms with Crippen LogP contribution in [0.2, 0.25) is 0 Å². The Labute approximate surface area is 301 Å². The van der Waals surface area contributed by atoms with Gasteiger partial charge in [0.1, 0.15) is 12.7 Å². The van der Waals surface area contributed by atoms with Gasteiger partial charge in [-0.05, 0) is 12.8 Å². The number of ether oxygens (including phenoxy) is 1. The van der Waals surface area contributed by atoms with Crippen LogP contribution in [0.1, 0.15) is 206 Å². The molecule has 1 amide bonds. The summed E-state index contributed by atoms with van der Waals surface area (Å²) in [7, 11) is -4.39. The van der Waals surface area contributed by atoms with E-state index in [9.17, 15) is 24.2 Å². The second-order valence-electron chi connectivity index (χ2n) is 14.0. The number of carbonyl (C=O) groups excluding carboxylic acids is 2. The number of phosphoric acid groups is 1. The standard InChI is InChI=1S/C39H78NO8P/c1-3-5-7-9-10-11-12-13-14-15-16-17-18-19-20-21-22-23-24-25-26-28-30-32-39(43)46-35-37(41)36-48-49(44,45)47-34-33-40-38(42)31-29-27-8-6-4-2/h37,41H,3-36H2,1-2H3,(H,40,42)(H,44,45). The molecule has 0 aliphatic heterocycles. The molecule has 0 saturated heterocycles. The lowest BCUT2D eigenvalue weighted by Crippen LogP contribution is -2.27. The summed E-state index contributed by atoms with van der Waals surface area (Å²) in [6.45, 7) is 3.49. The number of aliphatic hydroxyl groups is 1. The summed E-state index contributed by atoms with van der Waals surface area (Å²) in [5.41, 5.74) is 0. The molecule has 0 saturated carbocycles. The first kappa shape index (κ1) is 48.0. The highest BCUT2D eigenvalue weighted by atomic mass is 31.2. The van der Waals surface area contributed by atoms with Crippen LogP contribution in [-0.2, 0) is 27.9 Å². The number of hydrogen-bond acceptors (Lipinski definition) is 7. The Morgan fingerprint density at radius 1 is 0.551 bits per heavy atom. The van der Waals surface area contributed by atoms with Gasteiger partial charge in [0, 0.05) is 19.4 Å². The van der Waals surface area contributed by atoms with Gasteiger partial charge in [-0.3, -0.25) is 18.6 Å². The van der Waals surface area contributed by atoms with Gasteiger partial charge in [0.25, 0.3) is 0 Å². The summed E-state index contributed by atoms with van der Waals surface area (Å²) in [5, 5.41) is 12.6. The fourth-order valence-corrected chi connectivity index (χ4v) is 6.67. The molecular formula is C39H78NO8P. The Kier molecular flexibility index (Phi) is 36.0. The molecule has 0 aliphatic rings. The van der Waals surface area contributed by atoms with Crippen molar-refractivity contribution in [2.45, 2.75) is 213 Å². The molecule has 2 atom stereocenters. The lowest BCUT2D eigenvalue weighted by Gasteiger charge is -2.15. The van der Waals surface area contributed by atoms with E-state index in [0.717, 1.165) is 51.4 Å². The minimum Gasteiger partial charge on any atom is -0.463 e. The van der Waals surface area contributed by atoms with E-state index >= 15 is 0 Å². The highest BCUT2D eigenvalue weighted by molar-refractivity contribution is 7.47. The first-order chi connectivity index (χ1) is 23.8. The molecule has 0 aromatic carbocycles. The van der Waals surface area contributed by atoms with Gasteiger partial charge in [-0.15, -0.1) is 0 Å². The Morgan fingerprint density at radius 2 is 0.918 bits per heavy atom. The molecule has 0 fully saturated rings. The van der Waals surface area contributed by atoms with Crippen molar-refractivity contribution in [2.24, 2.45) is 0 Å². The third kappa shape index (κ3) is 38.1. The van der Waals surface area contributed by atoms with Gasteiger partial charge in [0.15, 0.2) is 0 Å². The number of carbonyl (C=O) groups is 2. The van der Waals surface area contributed by atoms with Gasteiger partial charge in [-0.2, -0.15) is 0 Å². The maximum Gasteiger partial charge on any atom is 0.472 e. The third-order valence-corrected chi connectivity index (χ3v) is 10.0.